The molecule has 0 fully saturated rings. The fourth-order valence-corrected chi connectivity index (χ4v) is 1.97. The van der Waals surface area contributed by atoms with E-state index < -0.39 is 0 Å². The van der Waals surface area contributed by atoms with Gasteiger partial charge in [0.2, 0.25) is 0 Å². The number of benzene rings is 1. The predicted octanol–water partition coefficient (Wildman–Crippen LogP) is 3.59. The number of ether oxygens (including phenoxy) is 1. The fourth-order valence-electron chi connectivity index (χ4n) is 1.97. The summed E-state index contributed by atoms with van der Waals surface area (Å²) in [6.07, 6.45) is 5.91. The quantitative estimate of drug-likeness (QED) is 0.747. The minimum absolute atomic E-state index is 0.787. The van der Waals surface area contributed by atoms with Crippen molar-refractivity contribution in [2.75, 3.05) is 6.54 Å². The average molecular weight is 273 g/mol. The number of aryl methyl sites for hydroxylation is 1. The van der Waals surface area contributed by atoms with Crippen LogP contribution in [0.4, 0.5) is 0 Å². The van der Waals surface area contributed by atoms with Crippen molar-refractivity contribution < 1.29 is 4.74 Å². The van der Waals surface area contributed by atoms with Gasteiger partial charge >= 0.3 is 0 Å². The molecule has 0 aliphatic carbocycles. The Balaban J connectivity index is 1.89. The molecule has 0 spiro atoms. The van der Waals surface area contributed by atoms with Gasteiger partial charge < -0.3 is 10.1 Å². The van der Waals surface area contributed by atoms with E-state index in [2.05, 4.69) is 36.4 Å². The highest BCUT2D eigenvalue weighted by Crippen LogP contribution is 2.21. The molecule has 108 valence electrons. The van der Waals surface area contributed by atoms with Crippen LogP contribution in [0.25, 0.3) is 0 Å². The molecule has 0 radical (unpaired) electrons. The molecule has 4 heteroatoms. The van der Waals surface area contributed by atoms with E-state index in [9.17, 15) is 0 Å². The summed E-state index contributed by atoms with van der Waals surface area (Å²) in [6, 6.07) is 8.18. The largest absolute Gasteiger partial charge is 0.454 e. The second kappa shape index (κ2) is 7.70. The number of hydrogen-bond donors (Lipinski definition) is 1. The van der Waals surface area contributed by atoms with Crippen LogP contribution in [-0.2, 0) is 13.1 Å². The molecule has 0 unspecified atom stereocenters. The maximum absolute atomic E-state index is 5.78. The lowest BCUT2D eigenvalue weighted by molar-refractivity contribution is 0.480. The van der Waals surface area contributed by atoms with E-state index in [-0.39, 0.29) is 0 Å². The minimum atomic E-state index is 0.787. The topological polar surface area (TPSA) is 39.1 Å². The van der Waals surface area contributed by atoms with Crippen LogP contribution < -0.4 is 10.1 Å². The Morgan fingerprint density at radius 2 is 1.90 bits per heavy atom. The fraction of sp³-hybridized carbons (Fsp3) is 0.438. The summed E-state index contributed by atoms with van der Waals surface area (Å²) in [6.45, 7) is 7.18. The van der Waals surface area contributed by atoms with Crippen molar-refractivity contribution in [1.29, 1.82) is 0 Å². The highest BCUT2D eigenvalue weighted by Gasteiger charge is 2.01. The zero-order valence-corrected chi connectivity index (χ0v) is 12.3. The maximum atomic E-state index is 5.78. The standard InChI is InChI=1S/C16H23N3O/c1-3-9-17-11-14-5-7-15(8-6-14)20-16-12-18-19(13-16)10-4-2/h5-8,12-13,17H,3-4,9-11H2,1-2H3. The van der Waals surface area contributed by atoms with Crippen LogP contribution in [0.15, 0.2) is 36.7 Å². The van der Waals surface area contributed by atoms with Gasteiger partial charge in [-0.15, -0.1) is 0 Å². The zero-order valence-electron chi connectivity index (χ0n) is 12.3. The van der Waals surface area contributed by atoms with Crippen LogP contribution in [0.5, 0.6) is 11.5 Å². The van der Waals surface area contributed by atoms with E-state index in [1.165, 1.54) is 5.56 Å². The summed E-state index contributed by atoms with van der Waals surface area (Å²) in [5.41, 5.74) is 1.27. The van der Waals surface area contributed by atoms with Crippen molar-refractivity contribution in [3.8, 4) is 11.5 Å². The monoisotopic (exact) mass is 273 g/mol. The van der Waals surface area contributed by atoms with Gasteiger partial charge in [0.15, 0.2) is 5.75 Å². The Kier molecular flexibility index (Phi) is 5.62. The molecule has 1 heterocycles. The van der Waals surface area contributed by atoms with Gasteiger partial charge in [-0.3, -0.25) is 4.68 Å². The molecule has 0 saturated heterocycles. The molecule has 0 atom stereocenters. The van der Waals surface area contributed by atoms with E-state index in [0.29, 0.717) is 0 Å². The third-order valence-corrected chi connectivity index (χ3v) is 2.98. The van der Waals surface area contributed by atoms with Crippen molar-refractivity contribution in [2.24, 2.45) is 0 Å². The normalized spacial score (nSPS) is 10.7. The van der Waals surface area contributed by atoms with E-state index >= 15 is 0 Å². The van der Waals surface area contributed by atoms with Gasteiger partial charge in [-0.1, -0.05) is 26.0 Å². The van der Waals surface area contributed by atoms with Gasteiger partial charge in [0, 0.05) is 13.1 Å². The first-order valence-electron chi connectivity index (χ1n) is 7.31. The van der Waals surface area contributed by atoms with Gasteiger partial charge in [0.05, 0.1) is 12.4 Å². The Morgan fingerprint density at radius 1 is 1.10 bits per heavy atom. The molecule has 2 rings (SSSR count). The summed E-state index contributed by atoms with van der Waals surface area (Å²) in [7, 11) is 0. The first kappa shape index (κ1) is 14.6. The molecule has 20 heavy (non-hydrogen) atoms. The third kappa shape index (κ3) is 4.38. The average Bonchev–Trinajstić information content (AvgIpc) is 2.89. The van der Waals surface area contributed by atoms with Crippen LogP contribution in [0.1, 0.15) is 32.3 Å². The molecule has 4 nitrogen and oxygen atoms in total. The minimum Gasteiger partial charge on any atom is -0.454 e. The van der Waals surface area contributed by atoms with Crippen LogP contribution in [0.3, 0.4) is 0 Å². The molecule has 0 aliphatic rings. The Morgan fingerprint density at radius 3 is 2.60 bits per heavy atom. The summed E-state index contributed by atoms with van der Waals surface area (Å²) >= 11 is 0. The maximum Gasteiger partial charge on any atom is 0.165 e. The zero-order chi connectivity index (χ0) is 14.2. The summed E-state index contributed by atoms with van der Waals surface area (Å²) in [5.74, 6) is 1.63. The van der Waals surface area contributed by atoms with Crippen LogP contribution >= 0.6 is 0 Å². The van der Waals surface area contributed by atoms with Crippen molar-refractivity contribution in [3.63, 3.8) is 0 Å². The number of nitrogens with zero attached hydrogens (tertiary/aromatic N) is 2. The summed E-state index contributed by atoms with van der Waals surface area (Å²) in [4.78, 5) is 0. The van der Waals surface area contributed by atoms with Gasteiger partial charge in [-0.2, -0.15) is 5.10 Å². The van der Waals surface area contributed by atoms with E-state index in [4.69, 9.17) is 4.74 Å². The number of hydrogen-bond acceptors (Lipinski definition) is 3. The van der Waals surface area contributed by atoms with Gasteiger partial charge in [0.25, 0.3) is 0 Å². The molecular formula is C16H23N3O. The molecule has 0 amide bonds. The second-order valence-corrected chi connectivity index (χ2v) is 4.86. The van der Waals surface area contributed by atoms with Gasteiger partial charge in [-0.05, 0) is 37.1 Å². The van der Waals surface area contributed by atoms with Crippen molar-refractivity contribution in [1.82, 2.24) is 15.1 Å². The molecule has 1 N–H and O–H groups in total. The van der Waals surface area contributed by atoms with Crippen LogP contribution in [-0.4, -0.2) is 16.3 Å². The van der Waals surface area contributed by atoms with Crippen molar-refractivity contribution >= 4 is 0 Å². The predicted molar refractivity (Wildman–Crippen MR) is 81.0 cm³/mol. The lowest BCUT2D eigenvalue weighted by Crippen LogP contribution is -2.13. The number of nitrogens with one attached hydrogen (secondary N) is 1. The lowest BCUT2D eigenvalue weighted by Gasteiger charge is -2.06. The molecular weight excluding hydrogens is 250 g/mol. The molecule has 0 bridgehead atoms. The molecule has 0 saturated carbocycles. The number of rotatable bonds is 8. The highest BCUT2D eigenvalue weighted by atomic mass is 16.5. The first-order chi connectivity index (χ1) is 9.81. The van der Waals surface area contributed by atoms with E-state index in [1.807, 2.05) is 23.0 Å². The first-order valence-corrected chi connectivity index (χ1v) is 7.31. The molecule has 2 aromatic rings. The Hall–Kier alpha value is -1.81. The van der Waals surface area contributed by atoms with E-state index in [1.54, 1.807) is 6.20 Å². The molecule has 1 aromatic carbocycles. The van der Waals surface area contributed by atoms with Gasteiger partial charge in [-0.25, -0.2) is 0 Å². The highest BCUT2D eigenvalue weighted by molar-refractivity contribution is 5.31. The third-order valence-electron chi connectivity index (χ3n) is 2.98. The smallest absolute Gasteiger partial charge is 0.165 e. The van der Waals surface area contributed by atoms with Crippen LogP contribution in [0.2, 0.25) is 0 Å². The Bertz CT molecular complexity index is 505. The van der Waals surface area contributed by atoms with Crippen molar-refractivity contribution in [3.05, 3.63) is 42.2 Å². The summed E-state index contributed by atoms with van der Waals surface area (Å²) < 4.78 is 7.68. The SMILES string of the molecule is CCCNCc1ccc(Oc2cnn(CCC)c2)cc1. The summed E-state index contributed by atoms with van der Waals surface area (Å²) in [5, 5.41) is 7.63. The lowest BCUT2D eigenvalue weighted by atomic mass is 10.2. The van der Waals surface area contributed by atoms with Crippen molar-refractivity contribution in [2.45, 2.75) is 39.8 Å². The Labute approximate surface area is 120 Å². The second-order valence-electron chi connectivity index (χ2n) is 4.86. The molecule has 0 aliphatic heterocycles. The van der Waals surface area contributed by atoms with E-state index in [0.717, 1.165) is 44.0 Å². The van der Waals surface area contributed by atoms with Gasteiger partial charge in [0.1, 0.15) is 5.75 Å². The van der Waals surface area contributed by atoms with Crippen LogP contribution in [0, 0.1) is 0 Å². The number of aromatic nitrogens is 2. The molecule has 1 aromatic heterocycles.